The van der Waals surface area contributed by atoms with E-state index in [2.05, 4.69) is 10.3 Å². The first kappa shape index (κ1) is 30.8. The highest BCUT2D eigenvalue weighted by molar-refractivity contribution is 5.85. The van der Waals surface area contributed by atoms with E-state index in [1.54, 1.807) is 23.4 Å². The maximum atomic E-state index is 13.0. The number of hydrogen-bond acceptors (Lipinski definition) is 8. The highest BCUT2D eigenvalue weighted by Crippen LogP contribution is 2.44. The standard InChI is InChI=1S/C25H39N7O6.ClH/c1-16(33)27-10-6-5-7-17(26)21(34)31-11-8-25(9-12-31)13-18(24(2,37)14-38-25)32-15-28-20-19(32)22(35)30(4)23(36)29(20)3;/h15,17-18,37H,5-14,26H2,1-4H3,(H,27,33);1H/t17-,18-,24-;/m0./s1. The average Bonchev–Trinajstić information content (AvgIpc) is 3.32. The molecule has 218 valence electrons. The van der Waals surface area contributed by atoms with E-state index >= 15 is 0 Å². The van der Waals surface area contributed by atoms with E-state index in [4.69, 9.17) is 10.5 Å². The zero-order valence-corrected chi connectivity index (χ0v) is 23.8. The summed E-state index contributed by atoms with van der Waals surface area (Å²) in [7, 11) is 2.98. The summed E-state index contributed by atoms with van der Waals surface area (Å²) in [5, 5.41) is 14.0. The molecule has 0 saturated carbocycles. The SMILES string of the molecule is CC(=O)NCCCC[C@H](N)C(=O)N1CCC2(CC1)C[C@H](n1cnc3c1c(=O)n(C)c(=O)n3C)[C@@](C)(O)CO2.Cl. The molecule has 4 heterocycles. The number of nitrogens with zero attached hydrogens (tertiary/aromatic N) is 5. The quantitative estimate of drug-likeness (QED) is 0.377. The smallest absolute Gasteiger partial charge is 0.332 e. The van der Waals surface area contributed by atoms with Crippen LogP contribution in [0.4, 0.5) is 0 Å². The van der Waals surface area contributed by atoms with Crippen molar-refractivity contribution in [3.8, 4) is 0 Å². The second-order valence-electron chi connectivity index (χ2n) is 11.0. The lowest BCUT2D eigenvalue weighted by molar-refractivity contribution is -0.201. The number of halogens is 1. The Bertz CT molecular complexity index is 1320. The van der Waals surface area contributed by atoms with Crippen molar-refractivity contribution in [3.63, 3.8) is 0 Å². The van der Waals surface area contributed by atoms with Crippen LogP contribution in [0.1, 0.15) is 58.4 Å². The minimum absolute atomic E-state index is 0. The number of rotatable bonds is 7. The van der Waals surface area contributed by atoms with Gasteiger partial charge in [0.15, 0.2) is 11.2 Å². The average molecular weight is 570 g/mol. The molecule has 0 radical (unpaired) electrons. The molecule has 39 heavy (non-hydrogen) atoms. The van der Waals surface area contributed by atoms with Crippen molar-refractivity contribution in [1.82, 2.24) is 28.9 Å². The van der Waals surface area contributed by atoms with E-state index in [0.717, 1.165) is 17.4 Å². The number of nitrogens with two attached hydrogens (primary N) is 1. The molecule has 2 aromatic rings. The first-order chi connectivity index (χ1) is 17.9. The zero-order chi connectivity index (χ0) is 27.8. The molecule has 2 fully saturated rings. The number of carbonyl (C=O) groups excluding carboxylic acids is 2. The van der Waals surface area contributed by atoms with E-state index in [1.807, 2.05) is 0 Å². The Labute approximate surface area is 232 Å². The van der Waals surface area contributed by atoms with Gasteiger partial charge in [0.25, 0.3) is 5.56 Å². The fraction of sp³-hybridized carbons (Fsp3) is 0.720. The normalized spacial score (nSPS) is 23.4. The molecule has 2 saturated heterocycles. The molecule has 1 spiro atoms. The molecule has 13 nitrogen and oxygen atoms in total. The molecule has 0 bridgehead atoms. The van der Waals surface area contributed by atoms with Gasteiger partial charge in [0, 0.05) is 47.1 Å². The molecule has 4 rings (SSSR count). The van der Waals surface area contributed by atoms with Gasteiger partial charge in [-0.3, -0.25) is 23.5 Å². The van der Waals surface area contributed by atoms with Crippen LogP contribution in [0, 0.1) is 0 Å². The number of carbonyl (C=O) groups is 2. The van der Waals surface area contributed by atoms with Gasteiger partial charge < -0.3 is 30.4 Å². The number of fused-ring (bicyclic) bond motifs is 1. The molecule has 3 atom stereocenters. The summed E-state index contributed by atoms with van der Waals surface area (Å²) in [5.74, 6) is -0.167. The molecule has 2 amide bonds. The van der Waals surface area contributed by atoms with Crippen molar-refractivity contribution < 1.29 is 19.4 Å². The number of likely N-dealkylation sites (tertiary alicyclic amines) is 1. The summed E-state index contributed by atoms with van der Waals surface area (Å²) in [5.41, 5.74) is 3.91. The van der Waals surface area contributed by atoms with Gasteiger partial charge >= 0.3 is 5.69 Å². The maximum absolute atomic E-state index is 13.0. The number of aryl methyl sites for hydroxylation is 1. The number of unbranched alkanes of at least 4 members (excludes halogenated alkanes) is 1. The fourth-order valence-electron chi connectivity index (χ4n) is 5.62. The molecule has 0 aromatic carbocycles. The van der Waals surface area contributed by atoms with Crippen LogP contribution in [0.2, 0.25) is 0 Å². The minimum Gasteiger partial charge on any atom is -0.386 e. The molecule has 2 aromatic heterocycles. The van der Waals surface area contributed by atoms with Crippen molar-refractivity contribution in [2.45, 2.75) is 75.7 Å². The second-order valence-corrected chi connectivity index (χ2v) is 11.0. The summed E-state index contributed by atoms with van der Waals surface area (Å²) in [6.45, 7) is 4.74. The predicted octanol–water partition coefficient (Wildman–Crippen LogP) is -0.437. The number of aliphatic hydroxyl groups is 1. The van der Waals surface area contributed by atoms with Crippen LogP contribution in [0.25, 0.3) is 11.2 Å². The third-order valence-electron chi connectivity index (χ3n) is 8.08. The Balaban J connectivity index is 0.00000420. The maximum Gasteiger partial charge on any atom is 0.332 e. The van der Waals surface area contributed by atoms with Crippen LogP contribution in [-0.4, -0.2) is 84.0 Å². The monoisotopic (exact) mass is 569 g/mol. The molecular weight excluding hydrogens is 530 g/mol. The number of imidazole rings is 1. The zero-order valence-electron chi connectivity index (χ0n) is 23.0. The van der Waals surface area contributed by atoms with Gasteiger partial charge in [-0.15, -0.1) is 12.4 Å². The number of ether oxygens (including phenoxy) is 1. The highest BCUT2D eigenvalue weighted by atomic mass is 35.5. The summed E-state index contributed by atoms with van der Waals surface area (Å²) in [6, 6.07) is -1.11. The lowest BCUT2D eigenvalue weighted by Gasteiger charge is -2.51. The van der Waals surface area contributed by atoms with Gasteiger partial charge in [-0.2, -0.15) is 0 Å². The van der Waals surface area contributed by atoms with Gasteiger partial charge in [-0.1, -0.05) is 0 Å². The van der Waals surface area contributed by atoms with Crippen LogP contribution in [0.15, 0.2) is 15.9 Å². The predicted molar refractivity (Wildman–Crippen MR) is 147 cm³/mol. The molecule has 4 N–H and O–H groups in total. The molecule has 14 heteroatoms. The Morgan fingerprint density at radius 1 is 1.23 bits per heavy atom. The molecule has 2 aliphatic rings. The van der Waals surface area contributed by atoms with E-state index in [0.29, 0.717) is 45.3 Å². The Hall–Kier alpha value is -2.74. The first-order valence-corrected chi connectivity index (χ1v) is 13.1. The molecule has 2 aliphatic heterocycles. The lowest BCUT2D eigenvalue weighted by atomic mass is 9.77. The number of piperidine rings is 1. The van der Waals surface area contributed by atoms with Crippen LogP contribution >= 0.6 is 12.4 Å². The molecule has 0 aliphatic carbocycles. The third kappa shape index (κ3) is 6.06. The van der Waals surface area contributed by atoms with Crippen molar-refractivity contribution in [1.29, 1.82) is 0 Å². The van der Waals surface area contributed by atoms with Crippen LogP contribution in [0.3, 0.4) is 0 Å². The summed E-state index contributed by atoms with van der Waals surface area (Å²) >= 11 is 0. The van der Waals surface area contributed by atoms with E-state index < -0.39 is 34.5 Å². The number of amides is 2. The Morgan fingerprint density at radius 2 is 1.90 bits per heavy atom. The van der Waals surface area contributed by atoms with Crippen molar-refractivity contribution in [3.05, 3.63) is 27.2 Å². The third-order valence-corrected chi connectivity index (χ3v) is 8.08. The summed E-state index contributed by atoms with van der Waals surface area (Å²) < 4.78 is 10.3. The highest BCUT2D eigenvalue weighted by Gasteiger charge is 2.50. The number of aromatic nitrogens is 4. The van der Waals surface area contributed by atoms with Gasteiger partial charge in [0.1, 0.15) is 5.60 Å². The Kier molecular flexibility index (Phi) is 9.31. The van der Waals surface area contributed by atoms with Crippen molar-refractivity contribution in [2.24, 2.45) is 19.8 Å². The van der Waals surface area contributed by atoms with Crippen molar-refractivity contribution >= 4 is 35.4 Å². The summed E-state index contributed by atoms with van der Waals surface area (Å²) in [4.78, 5) is 55.4. The van der Waals surface area contributed by atoms with E-state index in [9.17, 15) is 24.3 Å². The van der Waals surface area contributed by atoms with E-state index in [-0.39, 0.29) is 42.0 Å². The number of hydrogen-bond donors (Lipinski definition) is 3. The van der Waals surface area contributed by atoms with Gasteiger partial charge in [0.2, 0.25) is 11.8 Å². The summed E-state index contributed by atoms with van der Waals surface area (Å²) in [6.07, 6.45) is 5.13. The van der Waals surface area contributed by atoms with Crippen molar-refractivity contribution in [2.75, 3.05) is 26.2 Å². The van der Waals surface area contributed by atoms with Gasteiger partial charge in [-0.25, -0.2) is 9.78 Å². The topological polar surface area (TPSA) is 167 Å². The second kappa shape index (κ2) is 11.8. The van der Waals surface area contributed by atoms with E-state index in [1.165, 1.54) is 24.9 Å². The minimum atomic E-state index is -1.27. The van der Waals surface area contributed by atoms with Gasteiger partial charge in [0.05, 0.1) is 30.6 Å². The first-order valence-electron chi connectivity index (χ1n) is 13.1. The van der Waals surface area contributed by atoms with Crippen LogP contribution < -0.4 is 22.3 Å². The van der Waals surface area contributed by atoms with Gasteiger partial charge in [-0.05, 0) is 39.0 Å². The lowest BCUT2D eigenvalue weighted by Crippen LogP contribution is -2.58. The van der Waals surface area contributed by atoms with Crippen LogP contribution in [-0.2, 0) is 28.4 Å². The largest absolute Gasteiger partial charge is 0.386 e. The Morgan fingerprint density at radius 3 is 2.54 bits per heavy atom. The molecular formula is C25H40ClN7O6. The molecule has 0 unspecified atom stereocenters. The fourth-order valence-corrected chi connectivity index (χ4v) is 5.62. The van der Waals surface area contributed by atoms with Crippen LogP contribution in [0.5, 0.6) is 0 Å². The number of nitrogens with one attached hydrogen (secondary N) is 1.